The first-order chi connectivity index (χ1) is 11.4. The number of rotatable bonds is 7. The molecule has 0 fully saturated rings. The van der Waals surface area contributed by atoms with Gasteiger partial charge in [-0.3, -0.25) is 4.79 Å². The van der Waals surface area contributed by atoms with E-state index in [0.29, 0.717) is 18.0 Å². The van der Waals surface area contributed by atoms with Crippen molar-refractivity contribution in [1.29, 1.82) is 0 Å². The van der Waals surface area contributed by atoms with Crippen molar-refractivity contribution in [2.45, 2.75) is 20.8 Å². The molecule has 126 valence electrons. The van der Waals surface area contributed by atoms with Gasteiger partial charge in [-0.2, -0.15) is 0 Å². The molecule has 2 aromatic rings. The van der Waals surface area contributed by atoms with Crippen molar-refractivity contribution in [3.63, 3.8) is 0 Å². The molecule has 0 saturated carbocycles. The highest BCUT2D eigenvalue weighted by Gasteiger charge is 2.04. The molecule has 0 bridgehead atoms. The van der Waals surface area contributed by atoms with E-state index in [1.807, 2.05) is 43.3 Å². The van der Waals surface area contributed by atoms with Crippen LogP contribution in [-0.4, -0.2) is 19.1 Å². The average molecular weight is 324 g/mol. The van der Waals surface area contributed by atoms with Crippen LogP contribution in [0.3, 0.4) is 0 Å². The van der Waals surface area contributed by atoms with Gasteiger partial charge < -0.3 is 15.4 Å². The molecule has 1 amide bonds. The van der Waals surface area contributed by atoms with Gasteiger partial charge in [0.05, 0.1) is 6.54 Å². The van der Waals surface area contributed by atoms with Gasteiger partial charge in [-0.25, -0.2) is 0 Å². The Hall–Kier alpha value is -2.75. The van der Waals surface area contributed by atoms with E-state index >= 15 is 0 Å². The maximum atomic E-state index is 12.1. The number of nitrogens with one attached hydrogen (secondary N) is 2. The SMILES string of the molecule is C=C(C)COc1cccc(NC(=O)CNc2ccc(C)c(C)c2)c1. The minimum atomic E-state index is -0.106. The number of carbonyl (C=O) groups excluding carboxylic acids is 1. The number of ether oxygens (including phenoxy) is 1. The fourth-order valence-corrected chi connectivity index (χ4v) is 2.11. The number of aryl methyl sites for hydroxylation is 2. The minimum Gasteiger partial charge on any atom is -0.489 e. The standard InChI is InChI=1S/C20H24N2O2/c1-14(2)13-24-19-7-5-6-18(11-19)22-20(23)12-21-17-9-8-15(3)16(4)10-17/h5-11,21H,1,12-13H2,2-4H3,(H,22,23). The number of hydrogen-bond donors (Lipinski definition) is 2. The van der Waals surface area contributed by atoms with Gasteiger partial charge in [0.2, 0.25) is 5.91 Å². The third kappa shape index (κ3) is 5.47. The topological polar surface area (TPSA) is 50.4 Å². The average Bonchev–Trinajstić information content (AvgIpc) is 2.54. The van der Waals surface area contributed by atoms with Gasteiger partial charge in [0, 0.05) is 17.4 Å². The molecule has 2 N–H and O–H groups in total. The lowest BCUT2D eigenvalue weighted by molar-refractivity contribution is -0.114. The van der Waals surface area contributed by atoms with E-state index in [4.69, 9.17) is 4.74 Å². The summed E-state index contributed by atoms with van der Waals surface area (Å²) in [5.41, 5.74) is 5.02. The minimum absolute atomic E-state index is 0.106. The summed E-state index contributed by atoms with van der Waals surface area (Å²) in [6.45, 7) is 10.5. The van der Waals surface area contributed by atoms with Gasteiger partial charge >= 0.3 is 0 Å². The molecule has 0 aliphatic heterocycles. The van der Waals surface area contributed by atoms with Crippen LogP contribution in [-0.2, 0) is 4.79 Å². The van der Waals surface area contributed by atoms with Crippen LogP contribution < -0.4 is 15.4 Å². The predicted molar refractivity (Wildman–Crippen MR) is 99.8 cm³/mol. The van der Waals surface area contributed by atoms with Crippen molar-refractivity contribution >= 4 is 17.3 Å². The first kappa shape index (κ1) is 17.6. The Kier molecular flexibility index (Phi) is 6.01. The molecule has 0 saturated heterocycles. The maximum absolute atomic E-state index is 12.1. The number of carbonyl (C=O) groups is 1. The Balaban J connectivity index is 1.88. The fraction of sp³-hybridized carbons (Fsp3) is 0.250. The van der Waals surface area contributed by atoms with Crippen LogP contribution in [0.25, 0.3) is 0 Å². The summed E-state index contributed by atoms with van der Waals surface area (Å²) in [6, 6.07) is 13.4. The summed E-state index contributed by atoms with van der Waals surface area (Å²) in [4.78, 5) is 12.1. The van der Waals surface area contributed by atoms with Crippen molar-refractivity contribution in [1.82, 2.24) is 0 Å². The van der Waals surface area contributed by atoms with Crippen LogP contribution in [0.4, 0.5) is 11.4 Å². The van der Waals surface area contributed by atoms with Crippen LogP contribution in [0.1, 0.15) is 18.1 Å². The summed E-state index contributed by atoms with van der Waals surface area (Å²) in [5.74, 6) is 0.600. The second-order valence-corrected chi connectivity index (χ2v) is 5.97. The van der Waals surface area contributed by atoms with Gasteiger partial charge in [0.15, 0.2) is 0 Å². The summed E-state index contributed by atoms with van der Waals surface area (Å²) in [5, 5.41) is 5.99. The molecular weight excluding hydrogens is 300 g/mol. The normalized spacial score (nSPS) is 10.1. The molecule has 4 nitrogen and oxygen atoms in total. The highest BCUT2D eigenvalue weighted by Crippen LogP contribution is 2.18. The van der Waals surface area contributed by atoms with Gasteiger partial charge in [0.25, 0.3) is 0 Å². The molecule has 24 heavy (non-hydrogen) atoms. The molecule has 0 radical (unpaired) electrons. The van der Waals surface area contributed by atoms with Crippen LogP contribution in [0.5, 0.6) is 5.75 Å². The van der Waals surface area contributed by atoms with Crippen LogP contribution in [0.2, 0.25) is 0 Å². The third-order valence-corrected chi connectivity index (χ3v) is 3.56. The Morgan fingerprint density at radius 2 is 1.88 bits per heavy atom. The Morgan fingerprint density at radius 3 is 2.58 bits per heavy atom. The number of hydrogen-bond acceptors (Lipinski definition) is 3. The van der Waals surface area contributed by atoms with Crippen LogP contribution in [0, 0.1) is 13.8 Å². The smallest absolute Gasteiger partial charge is 0.243 e. The van der Waals surface area contributed by atoms with Crippen molar-refractivity contribution < 1.29 is 9.53 Å². The number of anilines is 2. The molecule has 0 heterocycles. The molecule has 2 aromatic carbocycles. The molecule has 0 aromatic heterocycles. The second-order valence-electron chi connectivity index (χ2n) is 5.97. The zero-order valence-electron chi connectivity index (χ0n) is 14.5. The molecule has 0 unspecified atom stereocenters. The van der Waals surface area contributed by atoms with Crippen molar-refractivity contribution in [2.75, 3.05) is 23.8 Å². The molecule has 4 heteroatoms. The molecule has 2 rings (SSSR count). The lowest BCUT2D eigenvalue weighted by Gasteiger charge is -2.11. The Bertz CT molecular complexity index is 738. The maximum Gasteiger partial charge on any atom is 0.243 e. The number of amides is 1. The number of benzene rings is 2. The van der Waals surface area contributed by atoms with Gasteiger partial charge in [-0.15, -0.1) is 0 Å². The zero-order valence-corrected chi connectivity index (χ0v) is 14.5. The highest BCUT2D eigenvalue weighted by molar-refractivity contribution is 5.93. The van der Waals surface area contributed by atoms with E-state index in [1.165, 1.54) is 11.1 Å². The summed E-state index contributed by atoms with van der Waals surface area (Å²) in [7, 11) is 0. The summed E-state index contributed by atoms with van der Waals surface area (Å²) < 4.78 is 5.58. The molecule has 0 spiro atoms. The molecule has 0 aliphatic rings. The summed E-state index contributed by atoms with van der Waals surface area (Å²) >= 11 is 0. The van der Waals surface area contributed by atoms with Crippen molar-refractivity contribution in [3.05, 3.63) is 65.7 Å². The monoisotopic (exact) mass is 324 g/mol. The zero-order chi connectivity index (χ0) is 17.5. The van der Waals surface area contributed by atoms with E-state index in [9.17, 15) is 4.79 Å². The third-order valence-electron chi connectivity index (χ3n) is 3.56. The van der Waals surface area contributed by atoms with Gasteiger partial charge in [-0.1, -0.05) is 18.7 Å². The van der Waals surface area contributed by atoms with E-state index in [-0.39, 0.29) is 12.5 Å². The highest BCUT2D eigenvalue weighted by atomic mass is 16.5. The first-order valence-electron chi connectivity index (χ1n) is 7.92. The molecule has 0 aliphatic carbocycles. The lowest BCUT2D eigenvalue weighted by atomic mass is 10.1. The van der Waals surface area contributed by atoms with Gasteiger partial charge in [-0.05, 0) is 61.7 Å². The predicted octanol–water partition coefficient (Wildman–Crippen LogP) is 4.31. The van der Waals surface area contributed by atoms with Crippen LogP contribution >= 0.6 is 0 Å². The second kappa shape index (κ2) is 8.20. The molecular formula is C20H24N2O2. The largest absolute Gasteiger partial charge is 0.489 e. The van der Waals surface area contributed by atoms with E-state index in [2.05, 4.69) is 31.1 Å². The Labute approximate surface area is 143 Å². The van der Waals surface area contributed by atoms with E-state index in [1.54, 1.807) is 6.07 Å². The van der Waals surface area contributed by atoms with Crippen molar-refractivity contribution in [2.24, 2.45) is 0 Å². The fourth-order valence-electron chi connectivity index (χ4n) is 2.11. The summed E-state index contributed by atoms with van der Waals surface area (Å²) in [6.07, 6.45) is 0. The van der Waals surface area contributed by atoms with Gasteiger partial charge in [0.1, 0.15) is 12.4 Å². The quantitative estimate of drug-likeness (QED) is 0.746. The Morgan fingerprint density at radius 1 is 1.08 bits per heavy atom. The lowest BCUT2D eigenvalue weighted by Crippen LogP contribution is -2.21. The van der Waals surface area contributed by atoms with E-state index < -0.39 is 0 Å². The van der Waals surface area contributed by atoms with E-state index in [0.717, 1.165) is 11.3 Å². The van der Waals surface area contributed by atoms with Crippen molar-refractivity contribution in [3.8, 4) is 5.75 Å². The van der Waals surface area contributed by atoms with Crippen LogP contribution in [0.15, 0.2) is 54.6 Å². The first-order valence-corrected chi connectivity index (χ1v) is 7.92. The molecule has 0 atom stereocenters.